The van der Waals surface area contributed by atoms with Gasteiger partial charge in [0.05, 0.1) is 4.34 Å². The Kier molecular flexibility index (Phi) is 3.19. The summed E-state index contributed by atoms with van der Waals surface area (Å²) < 4.78 is 0.902. The standard InChI is InChI=1S/C14H14ClNS/c15-14-8-12-11(10-4-2-1-3-5-10)6-7-16-9-13(12)17-14/h1-5,8,11,16H,6-7,9H2/t11-/m1/s1. The molecule has 0 amide bonds. The number of hydrogen-bond acceptors (Lipinski definition) is 2. The summed E-state index contributed by atoms with van der Waals surface area (Å²) >= 11 is 7.85. The van der Waals surface area contributed by atoms with Crippen LogP contribution in [0, 0.1) is 0 Å². The Hall–Kier alpha value is -0.830. The average molecular weight is 264 g/mol. The Labute approximate surface area is 110 Å². The van der Waals surface area contributed by atoms with Gasteiger partial charge < -0.3 is 5.32 Å². The molecule has 3 rings (SSSR count). The van der Waals surface area contributed by atoms with Crippen molar-refractivity contribution in [3.63, 3.8) is 0 Å². The van der Waals surface area contributed by atoms with Crippen LogP contribution < -0.4 is 5.32 Å². The van der Waals surface area contributed by atoms with E-state index in [1.165, 1.54) is 16.0 Å². The van der Waals surface area contributed by atoms with Gasteiger partial charge in [0.25, 0.3) is 0 Å². The summed E-state index contributed by atoms with van der Waals surface area (Å²) in [7, 11) is 0. The molecule has 1 aliphatic heterocycles. The molecule has 88 valence electrons. The van der Waals surface area contributed by atoms with E-state index in [1.54, 1.807) is 11.3 Å². The van der Waals surface area contributed by atoms with E-state index in [9.17, 15) is 0 Å². The zero-order valence-corrected chi connectivity index (χ0v) is 11.0. The molecule has 1 aromatic carbocycles. The van der Waals surface area contributed by atoms with E-state index >= 15 is 0 Å². The summed E-state index contributed by atoms with van der Waals surface area (Å²) in [5.74, 6) is 0.491. The second kappa shape index (κ2) is 4.81. The average Bonchev–Trinajstić information content (AvgIpc) is 2.61. The van der Waals surface area contributed by atoms with Crippen molar-refractivity contribution >= 4 is 22.9 Å². The molecule has 1 aliphatic rings. The van der Waals surface area contributed by atoms with Crippen LogP contribution in [-0.4, -0.2) is 6.54 Å². The molecule has 0 aliphatic carbocycles. The fourth-order valence-electron chi connectivity index (χ4n) is 2.48. The first-order valence-corrected chi connectivity index (χ1v) is 7.08. The van der Waals surface area contributed by atoms with Gasteiger partial charge in [0.1, 0.15) is 0 Å². The summed E-state index contributed by atoms with van der Waals surface area (Å²) in [5.41, 5.74) is 2.81. The molecule has 1 atom stereocenters. The second-order valence-electron chi connectivity index (χ2n) is 4.36. The van der Waals surface area contributed by atoms with Gasteiger partial charge in [-0.3, -0.25) is 0 Å². The van der Waals surface area contributed by atoms with Crippen molar-refractivity contribution < 1.29 is 0 Å². The first-order valence-electron chi connectivity index (χ1n) is 5.88. The number of benzene rings is 1. The molecular formula is C14H14ClNS. The highest BCUT2D eigenvalue weighted by atomic mass is 35.5. The topological polar surface area (TPSA) is 12.0 Å². The monoisotopic (exact) mass is 263 g/mol. The highest BCUT2D eigenvalue weighted by Crippen LogP contribution is 2.38. The Morgan fingerprint density at radius 2 is 2.06 bits per heavy atom. The molecule has 17 heavy (non-hydrogen) atoms. The highest BCUT2D eigenvalue weighted by molar-refractivity contribution is 7.16. The van der Waals surface area contributed by atoms with Gasteiger partial charge in [-0.1, -0.05) is 41.9 Å². The molecule has 0 saturated carbocycles. The van der Waals surface area contributed by atoms with Gasteiger partial charge >= 0.3 is 0 Å². The van der Waals surface area contributed by atoms with E-state index in [0.29, 0.717) is 5.92 Å². The van der Waals surface area contributed by atoms with Crippen LogP contribution in [0.5, 0.6) is 0 Å². The maximum absolute atomic E-state index is 6.15. The summed E-state index contributed by atoms with van der Waals surface area (Å²) in [6, 6.07) is 12.9. The van der Waals surface area contributed by atoms with Gasteiger partial charge in [-0.25, -0.2) is 0 Å². The van der Waals surface area contributed by atoms with Crippen LogP contribution in [0.1, 0.15) is 28.3 Å². The van der Waals surface area contributed by atoms with Crippen LogP contribution in [0.4, 0.5) is 0 Å². The van der Waals surface area contributed by atoms with Crippen molar-refractivity contribution in [2.24, 2.45) is 0 Å². The van der Waals surface area contributed by atoms with Gasteiger partial charge in [0, 0.05) is 17.3 Å². The lowest BCUT2D eigenvalue weighted by atomic mass is 9.89. The molecule has 0 fully saturated rings. The van der Waals surface area contributed by atoms with Crippen molar-refractivity contribution in [1.29, 1.82) is 0 Å². The number of hydrogen-bond donors (Lipinski definition) is 1. The minimum Gasteiger partial charge on any atom is -0.312 e. The predicted molar refractivity (Wildman–Crippen MR) is 73.9 cm³/mol. The van der Waals surface area contributed by atoms with Gasteiger partial charge in [0.15, 0.2) is 0 Å². The lowest BCUT2D eigenvalue weighted by Crippen LogP contribution is -2.12. The van der Waals surface area contributed by atoms with Crippen molar-refractivity contribution in [2.45, 2.75) is 18.9 Å². The third kappa shape index (κ3) is 2.25. The highest BCUT2D eigenvalue weighted by Gasteiger charge is 2.22. The molecule has 1 aromatic heterocycles. The number of fused-ring (bicyclic) bond motifs is 1. The number of rotatable bonds is 1. The number of thiophene rings is 1. The smallest absolute Gasteiger partial charge is 0.0934 e. The minimum absolute atomic E-state index is 0.491. The molecule has 2 aromatic rings. The van der Waals surface area contributed by atoms with Crippen LogP contribution in [0.3, 0.4) is 0 Å². The Morgan fingerprint density at radius 1 is 1.24 bits per heavy atom. The minimum atomic E-state index is 0.491. The summed E-state index contributed by atoms with van der Waals surface area (Å²) in [4.78, 5) is 1.39. The lowest BCUT2D eigenvalue weighted by molar-refractivity contribution is 0.648. The van der Waals surface area contributed by atoms with Gasteiger partial charge in [-0.05, 0) is 30.2 Å². The molecule has 0 spiro atoms. The number of halogens is 1. The largest absolute Gasteiger partial charge is 0.312 e. The molecular weight excluding hydrogens is 250 g/mol. The lowest BCUT2D eigenvalue weighted by Gasteiger charge is -2.15. The van der Waals surface area contributed by atoms with E-state index in [1.807, 2.05) is 0 Å². The zero-order valence-electron chi connectivity index (χ0n) is 9.45. The molecule has 0 saturated heterocycles. The summed E-state index contributed by atoms with van der Waals surface area (Å²) in [5, 5.41) is 3.47. The SMILES string of the molecule is Clc1cc2c(s1)CNCC[C@@H]2c1ccccc1. The quantitative estimate of drug-likeness (QED) is 0.819. The van der Waals surface area contributed by atoms with Gasteiger partial charge in [-0.15, -0.1) is 11.3 Å². The molecule has 3 heteroatoms. The van der Waals surface area contributed by atoms with Crippen LogP contribution in [-0.2, 0) is 6.54 Å². The van der Waals surface area contributed by atoms with Gasteiger partial charge in [-0.2, -0.15) is 0 Å². The molecule has 0 radical (unpaired) electrons. The molecule has 1 N–H and O–H groups in total. The van der Waals surface area contributed by atoms with Gasteiger partial charge in [0.2, 0.25) is 0 Å². The second-order valence-corrected chi connectivity index (χ2v) is 6.13. The Bertz CT molecular complexity index is 506. The van der Waals surface area contributed by atoms with E-state index in [-0.39, 0.29) is 0 Å². The van der Waals surface area contributed by atoms with Crippen LogP contribution in [0.2, 0.25) is 4.34 Å². The number of nitrogens with one attached hydrogen (secondary N) is 1. The van der Waals surface area contributed by atoms with Crippen molar-refractivity contribution in [2.75, 3.05) is 6.54 Å². The zero-order chi connectivity index (χ0) is 11.7. The maximum Gasteiger partial charge on any atom is 0.0934 e. The van der Waals surface area contributed by atoms with Crippen LogP contribution in [0.15, 0.2) is 36.4 Å². The fraction of sp³-hybridized carbons (Fsp3) is 0.286. The van der Waals surface area contributed by atoms with Crippen LogP contribution in [0.25, 0.3) is 0 Å². The molecule has 1 nitrogen and oxygen atoms in total. The first kappa shape index (κ1) is 11.3. The Morgan fingerprint density at radius 3 is 2.88 bits per heavy atom. The van der Waals surface area contributed by atoms with Crippen LogP contribution >= 0.6 is 22.9 Å². The maximum atomic E-state index is 6.15. The first-order chi connectivity index (χ1) is 8.34. The summed E-state index contributed by atoms with van der Waals surface area (Å²) in [6.07, 6.45) is 1.14. The predicted octanol–water partition coefficient (Wildman–Crippen LogP) is 4.03. The van der Waals surface area contributed by atoms with Crippen molar-refractivity contribution in [3.05, 3.63) is 56.7 Å². The fourth-order valence-corrected chi connectivity index (χ4v) is 3.79. The molecule has 0 bridgehead atoms. The molecule has 2 heterocycles. The van der Waals surface area contributed by atoms with E-state index in [0.717, 1.165) is 23.8 Å². The van der Waals surface area contributed by atoms with E-state index in [4.69, 9.17) is 11.6 Å². The summed E-state index contributed by atoms with van der Waals surface area (Å²) in [6.45, 7) is 2.02. The third-order valence-corrected chi connectivity index (χ3v) is 4.56. The van der Waals surface area contributed by atoms with Crippen molar-refractivity contribution in [3.8, 4) is 0 Å². The van der Waals surface area contributed by atoms with E-state index in [2.05, 4.69) is 41.7 Å². The van der Waals surface area contributed by atoms with E-state index < -0.39 is 0 Å². The third-order valence-electron chi connectivity index (χ3n) is 3.28. The van der Waals surface area contributed by atoms with Crippen molar-refractivity contribution in [1.82, 2.24) is 5.32 Å². The normalized spacial score (nSPS) is 19.7. The molecule has 0 unspecified atom stereocenters. The Balaban J connectivity index is 2.05.